The van der Waals surface area contributed by atoms with Gasteiger partial charge < -0.3 is 11.1 Å². The smallest absolute Gasteiger partial charge is 0.275 e. The second-order valence-corrected chi connectivity index (χ2v) is 2.77. The Kier molecular flexibility index (Phi) is 21.2. The van der Waals surface area contributed by atoms with Crippen molar-refractivity contribution in [2.45, 2.75) is 19.8 Å². The molecule has 0 rings (SSSR count). The molecule has 0 heterocycles. The first-order chi connectivity index (χ1) is 5.50. The minimum absolute atomic E-state index is 0. The number of thiol groups is 2. The quantitative estimate of drug-likeness (QED) is 0.355. The van der Waals surface area contributed by atoms with Gasteiger partial charge in [-0.1, -0.05) is 38.6 Å². The molecule has 82 valence electrons. The van der Waals surface area contributed by atoms with Crippen LogP contribution in [-0.2, 0) is 16.5 Å². The number of nitrogens with one attached hydrogen (secondary N) is 1. The van der Waals surface area contributed by atoms with Crippen molar-refractivity contribution >= 4 is 35.7 Å². The zero-order valence-corrected chi connectivity index (χ0v) is 10.0. The van der Waals surface area contributed by atoms with Gasteiger partial charge in [0.2, 0.25) is 0 Å². The van der Waals surface area contributed by atoms with Crippen molar-refractivity contribution in [1.82, 2.24) is 5.32 Å². The van der Waals surface area contributed by atoms with Crippen LogP contribution in [0, 0.1) is 0 Å². The first kappa shape index (κ1) is 18.8. The van der Waals surface area contributed by atoms with Crippen molar-refractivity contribution in [2.75, 3.05) is 6.54 Å². The van der Waals surface area contributed by atoms with Crippen molar-refractivity contribution in [1.29, 1.82) is 0 Å². The molecule has 0 aliphatic rings. The van der Waals surface area contributed by atoms with Crippen molar-refractivity contribution < 1.29 is 26.1 Å². The minimum atomic E-state index is -0.639. The standard InChI is InChI=1S/C5H11NOS.CH3NOS.Ni/c1-2-3-4-6-5(7)8;2-1(3)4;/h2-4H2,1H3,(H2,6,7,8);(H3,2,3,4);. The third-order valence-electron chi connectivity index (χ3n) is 0.807. The second-order valence-electron chi connectivity index (χ2n) is 1.92. The Labute approximate surface area is 99.1 Å². The summed E-state index contributed by atoms with van der Waals surface area (Å²) in [7, 11) is 0. The average molecular weight is 269 g/mol. The molecule has 13 heavy (non-hydrogen) atoms. The molecule has 4 nitrogen and oxygen atoms in total. The zero-order chi connectivity index (χ0) is 9.98. The van der Waals surface area contributed by atoms with Gasteiger partial charge in [-0.3, -0.25) is 9.59 Å². The summed E-state index contributed by atoms with van der Waals surface area (Å²) in [5.41, 5.74) is 4.34. The molecule has 0 aromatic heterocycles. The van der Waals surface area contributed by atoms with Gasteiger partial charge in [-0.05, 0) is 6.42 Å². The van der Waals surface area contributed by atoms with Gasteiger partial charge in [-0.2, -0.15) is 0 Å². The molecule has 0 unspecified atom stereocenters. The summed E-state index contributed by atoms with van der Waals surface area (Å²) in [6, 6.07) is 0. The number of nitrogens with two attached hydrogens (primary N) is 1. The van der Waals surface area contributed by atoms with E-state index in [0.29, 0.717) is 0 Å². The van der Waals surface area contributed by atoms with Crippen LogP contribution in [0.3, 0.4) is 0 Å². The van der Waals surface area contributed by atoms with E-state index in [0.717, 1.165) is 19.4 Å². The van der Waals surface area contributed by atoms with Gasteiger partial charge >= 0.3 is 0 Å². The molecular formula is C6H14N2NiO2S2. The fourth-order valence-corrected chi connectivity index (χ4v) is 0.484. The van der Waals surface area contributed by atoms with Crippen molar-refractivity contribution in [3.8, 4) is 0 Å². The minimum Gasteiger partial charge on any atom is -0.361 e. The number of rotatable bonds is 3. The molecule has 0 aliphatic heterocycles. The third-order valence-corrected chi connectivity index (χ3v) is 0.965. The molecule has 2 amide bonds. The maximum atomic E-state index is 10.1. The Morgan fingerprint density at radius 3 is 2.00 bits per heavy atom. The molecule has 0 aliphatic carbocycles. The third kappa shape index (κ3) is 47.3. The monoisotopic (exact) mass is 268 g/mol. The maximum absolute atomic E-state index is 10.1. The molecule has 0 radical (unpaired) electrons. The molecule has 0 fully saturated rings. The van der Waals surface area contributed by atoms with Gasteiger partial charge in [0.15, 0.2) is 0 Å². The van der Waals surface area contributed by atoms with Crippen LogP contribution in [0.4, 0.5) is 9.59 Å². The average Bonchev–Trinajstić information content (AvgIpc) is 1.86. The summed E-state index contributed by atoms with van der Waals surface area (Å²) in [5.74, 6) is 0. The van der Waals surface area contributed by atoms with Crippen LogP contribution in [0.15, 0.2) is 0 Å². The molecule has 0 aromatic rings. The van der Waals surface area contributed by atoms with Gasteiger partial charge in [0, 0.05) is 23.0 Å². The van der Waals surface area contributed by atoms with Crippen LogP contribution < -0.4 is 11.1 Å². The van der Waals surface area contributed by atoms with E-state index in [1.54, 1.807) is 0 Å². The van der Waals surface area contributed by atoms with Crippen LogP contribution >= 0.6 is 25.3 Å². The number of carbonyl (C=O) groups is 2. The summed E-state index contributed by atoms with van der Waals surface area (Å²) < 4.78 is 0. The molecule has 0 bridgehead atoms. The van der Waals surface area contributed by atoms with Crippen LogP contribution in [-0.4, -0.2) is 17.0 Å². The normalized spacial score (nSPS) is 7.31. The fraction of sp³-hybridized carbons (Fsp3) is 0.667. The Balaban J connectivity index is -0.000000173. The first-order valence-corrected chi connectivity index (χ1v) is 4.35. The van der Waals surface area contributed by atoms with Gasteiger partial charge in [0.1, 0.15) is 0 Å². The van der Waals surface area contributed by atoms with Crippen molar-refractivity contribution in [3.05, 3.63) is 0 Å². The number of primary amides is 1. The number of carbonyl (C=O) groups excluding carboxylic acids is 2. The number of hydrogen-bond acceptors (Lipinski definition) is 2. The van der Waals surface area contributed by atoms with Gasteiger partial charge in [-0.25, -0.2) is 0 Å². The number of amides is 2. The number of hydrogen-bond donors (Lipinski definition) is 4. The van der Waals surface area contributed by atoms with Crippen LogP contribution in [0.5, 0.6) is 0 Å². The number of unbranched alkanes of at least 4 members (excludes halogenated alkanes) is 1. The van der Waals surface area contributed by atoms with E-state index in [-0.39, 0.29) is 21.7 Å². The predicted molar refractivity (Wildman–Crippen MR) is 55.9 cm³/mol. The Morgan fingerprint density at radius 1 is 1.38 bits per heavy atom. The molecule has 0 aromatic carbocycles. The summed E-state index contributed by atoms with van der Waals surface area (Å²) in [5, 5.41) is 1.70. The van der Waals surface area contributed by atoms with Crippen molar-refractivity contribution in [3.63, 3.8) is 0 Å². The predicted octanol–water partition coefficient (Wildman–Crippen LogP) is 1.42. The SMILES string of the molecule is CCCCNC(=O)S.NC(=O)S.[Ni]. The molecule has 0 saturated heterocycles. The van der Waals surface area contributed by atoms with Crippen LogP contribution in [0.1, 0.15) is 19.8 Å². The van der Waals surface area contributed by atoms with Gasteiger partial charge in [-0.15, -0.1) is 0 Å². The van der Waals surface area contributed by atoms with Gasteiger partial charge in [0.05, 0.1) is 0 Å². The molecule has 3 N–H and O–H groups in total. The van der Waals surface area contributed by atoms with E-state index < -0.39 is 5.24 Å². The van der Waals surface area contributed by atoms with Crippen LogP contribution in [0.25, 0.3) is 0 Å². The van der Waals surface area contributed by atoms with E-state index in [1.807, 2.05) is 0 Å². The topological polar surface area (TPSA) is 72.2 Å². The van der Waals surface area contributed by atoms with E-state index in [9.17, 15) is 4.79 Å². The largest absolute Gasteiger partial charge is 0.361 e. The molecule has 0 atom stereocenters. The Hall–Kier alpha value is 0.134. The molecule has 7 heteroatoms. The summed E-state index contributed by atoms with van der Waals surface area (Å²) in [4.78, 5) is 19.2. The molecular weight excluding hydrogens is 255 g/mol. The van der Waals surface area contributed by atoms with E-state index in [1.165, 1.54) is 0 Å². The Bertz CT molecular complexity index is 143. The molecule has 0 spiro atoms. The fourth-order valence-electron chi connectivity index (χ4n) is 0.372. The van der Waals surface area contributed by atoms with Crippen molar-refractivity contribution in [2.24, 2.45) is 5.73 Å². The van der Waals surface area contributed by atoms with Gasteiger partial charge in [0.25, 0.3) is 10.5 Å². The van der Waals surface area contributed by atoms with E-state index in [2.05, 4.69) is 43.2 Å². The molecule has 0 saturated carbocycles. The van der Waals surface area contributed by atoms with E-state index in [4.69, 9.17) is 4.79 Å². The van der Waals surface area contributed by atoms with Crippen LogP contribution in [0.2, 0.25) is 0 Å². The zero-order valence-electron chi connectivity index (χ0n) is 7.23. The van der Waals surface area contributed by atoms with E-state index >= 15 is 0 Å². The first-order valence-electron chi connectivity index (χ1n) is 3.45. The maximum Gasteiger partial charge on any atom is 0.275 e. The summed E-state index contributed by atoms with van der Waals surface area (Å²) >= 11 is 6.63. The second kappa shape index (κ2) is 14.6. The summed E-state index contributed by atoms with van der Waals surface area (Å²) in [6.45, 7) is 2.82. The Morgan fingerprint density at radius 2 is 1.77 bits per heavy atom. The summed E-state index contributed by atoms with van der Waals surface area (Å²) in [6.07, 6.45) is 2.14.